The van der Waals surface area contributed by atoms with Crippen molar-refractivity contribution in [2.45, 2.75) is 18.7 Å². The van der Waals surface area contributed by atoms with Gasteiger partial charge in [0.25, 0.3) is 0 Å². The molecule has 3 N–H and O–H groups in total. The maximum atomic E-state index is 12.4. The van der Waals surface area contributed by atoms with Crippen LogP contribution in [-0.2, 0) is 23.5 Å². The number of nitrogens with zero attached hydrogens (tertiary/aromatic N) is 2. The number of imidazole rings is 1. The number of para-hydroxylation sites is 2. The number of nitrogen functional groups attached to an aromatic ring is 1. The van der Waals surface area contributed by atoms with Gasteiger partial charge in [0.2, 0.25) is 5.91 Å². The van der Waals surface area contributed by atoms with Gasteiger partial charge in [-0.1, -0.05) is 24.3 Å². The molecule has 130 valence electrons. The fourth-order valence-corrected chi connectivity index (χ4v) is 3.25. The molecule has 1 heterocycles. The molecule has 0 saturated heterocycles. The zero-order valence-electron chi connectivity index (χ0n) is 14.2. The van der Waals surface area contributed by atoms with Gasteiger partial charge in [0.15, 0.2) is 0 Å². The summed E-state index contributed by atoms with van der Waals surface area (Å²) >= 11 is 1.70. The lowest BCUT2D eigenvalue weighted by Gasteiger charge is -2.10. The minimum absolute atomic E-state index is 0.000881. The number of aromatic nitrogens is 2. The molecule has 0 unspecified atom stereocenters. The normalized spacial score (nSPS) is 10.9. The number of fused-ring (bicyclic) bond motifs is 1. The maximum absolute atomic E-state index is 12.4. The molecule has 5 nitrogen and oxygen atoms in total. The lowest BCUT2D eigenvalue weighted by molar-refractivity contribution is -0.121. The first-order valence-corrected chi connectivity index (χ1v) is 9.61. The summed E-state index contributed by atoms with van der Waals surface area (Å²) in [4.78, 5) is 17.0. The van der Waals surface area contributed by atoms with Gasteiger partial charge in [-0.25, -0.2) is 4.98 Å². The van der Waals surface area contributed by atoms with Crippen LogP contribution < -0.4 is 11.1 Å². The summed E-state index contributed by atoms with van der Waals surface area (Å²) in [6.45, 7) is 0.894. The topological polar surface area (TPSA) is 72.9 Å². The van der Waals surface area contributed by atoms with Crippen LogP contribution in [-0.4, -0.2) is 28.3 Å². The number of hydrogen-bond donors (Lipinski definition) is 2. The van der Waals surface area contributed by atoms with Gasteiger partial charge in [-0.3, -0.25) is 4.79 Å². The molecule has 1 amide bonds. The van der Waals surface area contributed by atoms with Gasteiger partial charge in [0.1, 0.15) is 12.4 Å². The SMILES string of the molecule is CSCc1nc2ccccc2n1CC(=O)NCCc1ccc(N)cc1. The average molecular weight is 354 g/mol. The van der Waals surface area contributed by atoms with E-state index in [-0.39, 0.29) is 12.5 Å². The highest BCUT2D eigenvalue weighted by atomic mass is 32.2. The number of carbonyl (C=O) groups is 1. The Bertz CT molecular complexity index is 857. The van der Waals surface area contributed by atoms with E-state index in [2.05, 4.69) is 10.3 Å². The second-order valence-corrected chi connectivity index (χ2v) is 6.74. The molecule has 0 spiro atoms. The van der Waals surface area contributed by atoms with Gasteiger partial charge in [0, 0.05) is 12.2 Å². The zero-order valence-corrected chi connectivity index (χ0v) is 15.1. The van der Waals surface area contributed by atoms with Crippen LogP contribution in [0.15, 0.2) is 48.5 Å². The van der Waals surface area contributed by atoms with Crippen LogP contribution in [0.5, 0.6) is 0 Å². The minimum Gasteiger partial charge on any atom is -0.399 e. The van der Waals surface area contributed by atoms with E-state index in [1.54, 1.807) is 11.8 Å². The van der Waals surface area contributed by atoms with E-state index in [1.807, 2.05) is 59.4 Å². The third kappa shape index (κ3) is 4.33. The second-order valence-electron chi connectivity index (χ2n) is 5.88. The smallest absolute Gasteiger partial charge is 0.240 e. The molecular weight excluding hydrogens is 332 g/mol. The Labute approximate surface area is 151 Å². The van der Waals surface area contributed by atoms with Crippen molar-refractivity contribution >= 4 is 34.4 Å². The Hall–Kier alpha value is -2.47. The molecule has 3 aromatic rings. The molecule has 0 aliphatic heterocycles. The lowest BCUT2D eigenvalue weighted by Crippen LogP contribution is -2.29. The fourth-order valence-electron chi connectivity index (χ4n) is 2.77. The number of hydrogen-bond acceptors (Lipinski definition) is 4. The molecule has 25 heavy (non-hydrogen) atoms. The first-order valence-electron chi connectivity index (χ1n) is 8.21. The molecule has 0 radical (unpaired) electrons. The van der Waals surface area contributed by atoms with Crippen molar-refractivity contribution in [3.63, 3.8) is 0 Å². The summed E-state index contributed by atoms with van der Waals surface area (Å²) in [7, 11) is 0. The number of rotatable bonds is 7. The van der Waals surface area contributed by atoms with Crippen molar-refractivity contribution in [2.75, 3.05) is 18.5 Å². The van der Waals surface area contributed by atoms with Crippen molar-refractivity contribution in [3.05, 3.63) is 59.9 Å². The Morgan fingerprint density at radius 3 is 2.72 bits per heavy atom. The van der Waals surface area contributed by atoms with Gasteiger partial charge in [-0.2, -0.15) is 11.8 Å². The van der Waals surface area contributed by atoms with Crippen LogP contribution in [0, 0.1) is 0 Å². The molecule has 0 saturated carbocycles. The molecule has 2 aromatic carbocycles. The van der Waals surface area contributed by atoms with E-state index in [0.717, 1.165) is 40.3 Å². The minimum atomic E-state index is 0.000881. The molecule has 0 fully saturated rings. The lowest BCUT2D eigenvalue weighted by atomic mass is 10.1. The number of nitrogens with two attached hydrogens (primary N) is 1. The first kappa shape index (κ1) is 17.4. The third-order valence-corrected chi connectivity index (χ3v) is 4.57. The van der Waals surface area contributed by atoms with Crippen LogP contribution in [0.4, 0.5) is 5.69 Å². The van der Waals surface area contributed by atoms with Crippen molar-refractivity contribution in [3.8, 4) is 0 Å². The highest BCUT2D eigenvalue weighted by Crippen LogP contribution is 2.18. The highest BCUT2D eigenvalue weighted by Gasteiger charge is 2.12. The van der Waals surface area contributed by atoms with E-state index in [4.69, 9.17) is 5.73 Å². The Balaban J connectivity index is 1.63. The molecule has 6 heteroatoms. The van der Waals surface area contributed by atoms with Crippen molar-refractivity contribution in [1.82, 2.24) is 14.9 Å². The monoisotopic (exact) mass is 354 g/mol. The third-order valence-electron chi connectivity index (χ3n) is 4.02. The molecule has 0 aliphatic carbocycles. The molecule has 0 atom stereocenters. The van der Waals surface area contributed by atoms with Gasteiger partial charge >= 0.3 is 0 Å². The first-order chi connectivity index (χ1) is 12.2. The van der Waals surface area contributed by atoms with E-state index >= 15 is 0 Å². The fraction of sp³-hybridized carbons (Fsp3) is 0.263. The van der Waals surface area contributed by atoms with Gasteiger partial charge < -0.3 is 15.6 Å². The van der Waals surface area contributed by atoms with Crippen LogP contribution in [0.2, 0.25) is 0 Å². The number of anilines is 1. The van der Waals surface area contributed by atoms with E-state index in [0.29, 0.717) is 6.54 Å². The van der Waals surface area contributed by atoms with Crippen molar-refractivity contribution in [2.24, 2.45) is 0 Å². The molecule has 0 bridgehead atoms. The largest absolute Gasteiger partial charge is 0.399 e. The summed E-state index contributed by atoms with van der Waals surface area (Å²) < 4.78 is 2.00. The summed E-state index contributed by atoms with van der Waals surface area (Å²) in [6, 6.07) is 15.7. The van der Waals surface area contributed by atoms with Gasteiger partial charge in [0.05, 0.1) is 16.8 Å². The average Bonchev–Trinajstić information content (AvgIpc) is 2.95. The molecule has 3 rings (SSSR count). The number of benzene rings is 2. The Kier molecular flexibility index (Phi) is 5.60. The van der Waals surface area contributed by atoms with Crippen LogP contribution in [0.3, 0.4) is 0 Å². The van der Waals surface area contributed by atoms with Crippen molar-refractivity contribution < 1.29 is 4.79 Å². The molecule has 1 aromatic heterocycles. The summed E-state index contributed by atoms with van der Waals surface area (Å²) in [5.74, 6) is 1.72. The Morgan fingerprint density at radius 1 is 1.20 bits per heavy atom. The number of amides is 1. The van der Waals surface area contributed by atoms with Gasteiger partial charge in [-0.05, 0) is 42.5 Å². The van der Waals surface area contributed by atoms with E-state index in [9.17, 15) is 4.79 Å². The Morgan fingerprint density at radius 2 is 1.96 bits per heavy atom. The second kappa shape index (κ2) is 8.07. The maximum Gasteiger partial charge on any atom is 0.240 e. The quantitative estimate of drug-likeness (QED) is 0.640. The van der Waals surface area contributed by atoms with Crippen LogP contribution in [0.1, 0.15) is 11.4 Å². The zero-order chi connectivity index (χ0) is 17.6. The summed E-state index contributed by atoms with van der Waals surface area (Å²) in [6.07, 6.45) is 2.82. The van der Waals surface area contributed by atoms with E-state index < -0.39 is 0 Å². The van der Waals surface area contributed by atoms with Crippen LogP contribution >= 0.6 is 11.8 Å². The number of thioether (sulfide) groups is 1. The van der Waals surface area contributed by atoms with Crippen LogP contribution in [0.25, 0.3) is 11.0 Å². The predicted octanol–water partition coefficient (Wildman–Crippen LogP) is 2.84. The van der Waals surface area contributed by atoms with Crippen molar-refractivity contribution in [1.29, 1.82) is 0 Å². The summed E-state index contributed by atoms with van der Waals surface area (Å²) in [5, 5.41) is 2.99. The standard InChI is InChI=1S/C19H22N4OS/c1-25-13-18-22-16-4-2-3-5-17(16)23(18)12-19(24)21-11-10-14-6-8-15(20)9-7-14/h2-9H,10-13,20H2,1H3,(H,21,24). The number of carbonyl (C=O) groups excluding carboxylic acids is 1. The predicted molar refractivity (Wildman–Crippen MR) is 105 cm³/mol. The highest BCUT2D eigenvalue weighted by molar-refractivity contribution is 7.97. The number of nitrogens with one attached hydrogen (secondary N) is 1. The molecule has 0 aliphatic rings. The van der Waals surface area contributed by atoms with E-state index in [1.165, 1.54) is 0 Å². The summed E-state index contributed by atoms with van der Waals surface area (Å²) in [5.41, 5.74) is 9.52. The van der Waals surface area contributed by atoms with Gasteiger partial charge in [-0.15, -0.1) is 0 Å². The molecular formula is C19H22N4OS.